The van der Waals surface area contributed by atoms with Crippen LogP contribution < -0.4 is 15.2 Å². The number of rotatable bonds is 5. The SMILES string of the molecule is COc1c([C@@H]2C[C@](C)(C(F)(F)F)S[C@H]2C(=O)Nc2ccc(F)c(S(N)(=O)=O)c2)ccc(F)c1F. The second-order valence-electron chi connectivity index (χ2n) is 7.74. The number of anilines is 1. The predicted octanol–water partition coefficient (Wildman–Crippen LogP) is 4.31. The second-order valence-corrected chi connectivity index (χ2v) is 10.9. The van der Waals surface area contributed by atoms with E-state index >= 15 is 0 Å². The van der Waals surface area contributed by atoms with Gasteiger partial charge >= 0.3 is 6.18 Å². The molecule has 1 saturated heterocycles. The number of primary sulfonamides is 1. The van der Waals surface area contributed by atoms with Gasteiger partial charge in [0.25, 0.3) is 0 Å². The first-order chi connectivity index (χ1) is 15.6. The molecule has 186 valence electrons. The van der Waals surface area contributed by atoms with Gasteiger partial charge in [-0.1, -0.05) is 6.07 Å². The van der Waals surface area contributed by atoms with Crippen molar-refractivity contribution >= 4 is 33.4 Å². The van der Waals surface area contributed by atoms with Crippen LogP contribution in [-0.4, -0.2) is 37.6 Å². The fourth-order valence-corrected chi connectivity index (χ4v) is 5.86. The minimum atomic E-state index is -4.76. The maximum Gasteiger partial charge on any atom is 0.403 e. The number of nitrogens with one attached hydrogen (secondary N) is 1. The van der Waals surface area contributed by atoms with E-state index in [1.807, 2.05) is 0 Å². The lowest BCUT2D eigenvalue weighted by Gasteiger charge is -2.26. The van der Waals surface area contributed by atoms with Crippen LogP contribution in [0.15, 0.2) is 35.2 Å². The van der Waals surface area contributed by atoms with Crippen LogP contribution in [0.2, 0.25) is 0 Å². The van der Waals surface area contributed by atoms with Crippen molar-refractivity contribution in [2.75, 3.05) is 12.4 Å². The molecule has 2 aromatic rings. The molecule has 0 aromatic heterocycles. The van der Waals surface area contributed by atoms with Crippen molar-refractivity contribution in [3.8, 4) is 5.75 Å². The van der Waals surface area contributed by atoms with Gasteiger partial charge in [0.2, 0.25) is 21.7 Å². The van der Waals surface area contributed by atoms with Crippen molar-refractivity contribution < 1.29 is 44.3 Å². The summed E-state index contributed by atoms with van der Waals surface area (Å²) >= 11 is 0.267. The Morgan fingerprint density at radius 2 is 1.79 bits per heavy atom. The Kier molecular flexibility index (Phi) is 6.90. The number of nitrogens with two attached hydrogens (primary N) is 1. The van der Waals surface area contributed by atoms with Gasteiger partial charge in [0.15, 0.2) is 11.6 Å². The Bertz CT molecular complexity index is 1240. The van der Waals surface area contributed by atoms with Crippen LogP contribution in [0.1, 0.15) is 24.8 Å². The van der Waals surface area contributed by atoms with Gasteiger partial charge < -0.3 is 10.1 Å². The Balaban J connectivity index is 2.04. The molecule has 1 fully saturated rings. The highest BCUT2D eigenvalue weighted by Gasteiger charge is 2.60. The van der Waals surface area contributed by atoms with E-state index in [0.717, 1.165) is 32.2 Å². The Morgan fingerprint density at radius 1 is 1.18 bits per heavy atom. The van der Waals surface area contributed by atoms with Gasteiger partial charge in [-0.2, -0.15) is 17.6 Å². The lowest BCUT2D eigenvalue weighted by molar-refractivity contribution is -0.155. The van der Waals surface area contributed by atoms with Gasteiger partial charge in [0.1, 0.15) is 15.5 Å². The molecule has 0 radical (unpaired) electrons. The topological polar surface area (TPSA) is 98.5 Å². The van der Waals surface area contributed by atoms with Crippen LogP contribution in [0, 0.1) is 17.5 Å². The van der Waals surface area contributed by atoms with E-state index in [0.29, 0.717) is 12.1 Å². The van der Waals surface area contributed by atoms with Crippen LogP contribution in [0.3, 0.4) is 0 Å². The number of halogens is 6. The molecule has 1 aliphatic rings. The van der Waals surface area contributed by atoms with Crippen molar-refractivity contribution in [2.45, 2.75) is 40.3 Å². The highest BCUT2D eigenvalue weighted by atomic mass is 32.2. The standard InChI is InChI=1S/C20H18F6N2O4S2/c1-19(20(24,25)26)8-11(10-4-6-13(22)15(23)16(10)32-2)17(33-19)18(29)28-9-3-5-12(21)14(7-9)34(27,30)31/h3-7,11,17H,8H2,1-2H3,(H,28,29)(H2,27,30,31)/t11-,17+,19+/m0/s1. The third-order valence-electron chi connectivity index (χ3n) is 5.41. The van der Waals surface area contributed by atoms with E-state index in [1.54, 1.807) is 0 Å². The number of amides is 1. The summed E-state index contributed by atoms with van der Waals surface area (Å²) in [5.74, 6) is -6.78. The van der Waals surface area contributed by atoms with E-state index in [4.69, 9.17) is 9.88 Å². The smallest absolute Gasteiger partial charge is 0.403 e. The molecule has 0 spiro atoms. The lowest BCUT2D eigenvalue weighted by atomic mass is 9.85. The van der Waals surface area contributed by atoms with Crippen LogP contribution in [0.4, 0.5) is 32.0 Å². The Morgan fingerprint density at radius 3 is 2.35 bits per heavy atom. The summed E-state index contributed by atoms with van der Waals surface area (Å²) < 4.78 is 109. The molecule has 0 bridgehead atoms. The van der Waals surface area contributed by atoms with Crippen LogP contribution in [0.25, 0.3) is 0 Å². The van der Waals surface area contributed by atoms with E-state index < -0.39 is 72.5 Å². The van der Waals surface area contributed by atoms with E-state index in [2.05, 4.69) is 5.32 Å². The summed E-state index contributed by atoms with van der Waals surface area (Å²) in [6.07, 6.45) is -5.42. The summed E-state index contributed by atoms with van der Waals surface area (Å²) in [5.41, 5.74) is -0.390. The summed E-state index contributed by atoms with van der Waals surface area (Å²) in [5, 5.41) is 5.70. The molecule has 0 saturated carbocycles. The number of sulfonamides is 1. The number of hydrogen-bond donors (Lipinski definition) is 2. The monoisotopic (exact) mass is 528 g/mol. The number of ether oxygens (including phenoxy) is 1. The quantitative estimate of drug-likeness (QED) is 0.564. The number of benzene rings is 2. The molecule has 0 unspecified atom stereocenters. The first-order valence-corrected chi connectivity index (χ1v) is 11.9. The number of carbonyl (C=O) groups is 1. The van der Waals surface area contributed by atoms with Crippen LogP contribution >= 0.6 is 11.8 Å². The molecular formula is C20H18F6N2O4S2. The zero-order valence-corrected chi connectivity index (χ0v) is 19.2. The zero-order chi connectivity index (χ0) is 25.6. The van der Waals surface area contributed by atoms with E-state index in [1.165, 1.54) is 0 Å². The van der Waals surface area contributed by atoms with Gasteiger partial charge in [0.05, 0.1) is 12.4 Å². The molecule has 3 rings (SSSR count). The summed E-state index contributed by atoms with van der Waals surface area (Å²) in [4.78, 5) is 12.1. The van der Waals surface area contributed by atoms with Crippen molar-refractivity contribution in [2.24, 2.45) is 5.14 Å². The molecule has 1 aliphatic heterocycles. The van der Waals surface area contributed by atoms with Gasteiger partial charge in [-0.3, -0.25) is 4.79 Å². The predicted molar refractivity (Wildman–Crippen MR) is 113 cm³/mol. The van der Waals surface area contributed by atoms with Crippen LogP contribution in [0.5, 0.6) is 5.75 Å². The van der Waals surface area contributed by atoms with Crippen molar-refractivity contribution in [3.05, 3.63) is 53.3 Å². The molecular weight excluding hydrogens is 510 g/mol. The molecule has 2 aromatic carbocycles. The summed E-state index contributed by atoms with van der Waals surface area (Å²) in [6, 6.07) is 4.19. The first-order valence-electron chi connectivity index (χ1n) is 9.48. The average Bonchev–Trinajstić information content (AvgIpc) is 3.09. The second kappa shape index (κ2) is 8.96. The minimum absolute atomic E-state index is 0.147. The molecule has 3 N–H and O–H groups in total. The average molecular weight is 528 g/mol. The number of thioether (sulfide) groups is 1. The molecule has 1 heterocycles. The van der Waals surface area contributed by atoms with Gasteiger partial charge in [-0.05, 0) is 37.6 Å². The zero-order valence-electron chi connectivity index (χ0n) is 17.5. The lowest BCUT2D eigenvalue weighted by Crippen LogP contribution is -2.37. The number of alkyl halides is 3. The highest BCUT2D eigenvalue weighted by Crippen LogP contribution is 2.59. The summed E-state index contributed by atoms with van der Waals surface area (Å²) in [7, 11) is -3.49. The van der Waals surface area contributed by atoms with E-state index in [9.17, 15) is 39.6 Å². The highest BCUT2D eigenvalue weighted by molar-refractivity contribution is 8.02. The molecule has 1 amide bonds. The summed E-state index contributed by atoms with van der Waals surface area (Å²) in [6.45, 7) is 0.876. The van der Waals surface area contributed by atoms with Crippen LogP contribution in [-0.2, 0) is 14.8 Å². The molecule has 6 nitrogen and oxygen atoms in total. The fourth-order valence-electron chi connectivity index (χ4n) is 3.69. The number of methoxy groups -OCH3 is 1. The Hall–Kier alpha value is -2.45. The van der Waals surface area contributed by atoms with Gasteiger partial charge in [-0.25, -0.2) is 22.3 Å². The van der Waals surface area contributed by atoms with E-state index in [-0.39, 0.29) is 23.0 Å². The van der Waals surface area contributed by atoms with Crippen molar-refractivity contribution in [1.82, 2.24) is 0 Å². The van der Waals surface area contributed by atoms with Gasteiger partial charge in [0, 0.05) is 17.2 Å². The van der Waals surface area contributed by atoms with Gasteiger partial charge in [-0.15, -0.1) is 11.8 Å². The third-order valence-corrected chi connectivity index (χ3v) is 8.05. The molecule has 34 heavy (non-hydrogen) atoms. The van der Waals surface area contributed by atoms with Crippen molar-refractivity contribution in [1.29, 1.82) is 0 Å². The third kappa shape index (κ3) is 4.84. The minimum Gasteiger partial charge on any atom is -0.493 e. The maximum absolute atomic E-state index is 14.3. The normalized spacial score (nSPS) is 23.1. The molecule has 0 aliphatic carbocycles. The number of hydrogen-bond acceptors (Lipinski definition) is 5. The Labute approximate surface area is 194 Å². The number of carbonyl (C=O) groups excluding carboxylic acids is 1. The van der Waals surface area contributed by atoms with Crippen molar-refractivity contribution in [3.63, 3.8) is 0 Å². The fraction of sp³-hybridized carbons (Fsp3) is 0.350. The maximum atomic E-state index is 14.3. The first kappa shape index (κ1) is 26.2. The molecule has 3 atom stereocenters. The largest absolute Gasteiger partial charge is 0.493 e. The molecule has 14 heteroatoms.